The van der Waals surface area contributed by atoms with E-state index in [9.17, 15) is 8.42 Å². The summed E-state index contributed by atoms with van der Waals surface area (Å²) in [5.74, 6) is 0.614. The molecule has 0 fully saturated rings. The minimum atomic E-state index is -3.17. The highest BCUT2D eigenvalue weighted by molar-refractivity contribution is 7.90. The van der Waals surface area contributed by atoms with Gasteiger partial charge in [-0.1, -0.05) is 24.3 Å². The van der Waals surface area contributed by atoms with Gasteiger partial charge in [-0.25, -0.2) is 8.42 Å². The van der Waals surface area contributed by atoms with E-state index in [2.05, 4.69) is 0 Å². The zero-order valence-electron chi connectivity index (χ0n) is 11.1. The lowest BCUT2D eigenvalue weighted by atomic mass is 10.1. The molecule has 0 unspecified atom stereocenters. The molecule has 0 atom stereocenters. The van der Waals surface area contributed by atoms with Crippen LogP contribution in [0.25, 0.3) is 0 Å². The summed E-state index contributed by atoms with van der Waals surface area (Å²) in [6.07, 6.45) is 1.17. The number of hydrogen-bond acceptors (Lipinski definition) is 4. The van der Waals surface area contributed by atoms with Crippen LogP contribution in [0.1, 0.15) is 11.1 Å². The summed E-state index contributed by atoms with van der Waals surface area (Å²) in [5, 5.41) is 8.95. The largest absolute Gasteiger partial charge is 0.489 e. The Morgan fingerprint density at radius 3 is 2.00 bits per heavy atom. The monoisotopic (exact) mass is 292 g/mol. The van der Waals surface area contributed by atoms with Gasteiger partial charge in [0.15, 0.2) is 9.84 Å². The van der Waals surface area contributed by atoms with Crippen LogP contribution in [0.4, 0.5) is 0 Å². The van der Waals surface area contributed by atoms with Crippen molar-refractivity contribution in [3.8, 4) is 5.75 Å². The molecule has 20 heavy (non-hydrogen) atoms. The van der Waals surface area contributed by atoms with Crippen molar-refractivity contribution >= 4 is 9.84 Å². The molecular weight excluding hydrogens is 276 g/mol. The molecule has 0 aliphatic carbocycles. The van der Waals surface area contributed by atoms with E-state index in [1.54, 1.807) is 12.1 Å². The van der Waals surface area contributed by atoms with Gasteiger partial charge in [0.05, 0.1) is 11.5 Å². The molecule has 0 saturated carbocycles. The van der Waals surface area contributed by atoms with E-state index < -0.39 is 9.84 Å². The number of sulfone groups is 1. The summed E-state index contributed by atoms with van der Waals surface area (Å²) in [7, 11) is -3.17. The molecule has 0 aliphatic heterocycles. The van der Waals surface area contributed by atoms with Gasteiger partial charge in [0.1, 0.15) is 12.4 Å². The van der Waals surface area contributed by atoms with Crippen molar-refractivity contribution in [2.45, 2.75) is 18.1 Å². The maximum absolute atomic E-state index is 11.3. The molecule has 0 bridgehead atoms. The first-order valence-corrected chi connectivity index (χ1v) is 8.00. The van der Waals surface area contributed by atoms with E-state index >= 15 is 0 Å². The molecule has 2 aromatic rings. The van der Waals surface area contributed by atoms with Gasteiger partial charge in [0, 0.05) is 6.26 Å². The average Bonchev–Trinajstić information content (AvgIpc) is 2.45. The van der Waals surface area contributed by atoms with Gasteiger partial charge in [0.2, 0.25) is 0 Å². The summed E-state index contributed by atoms with van der Waals surface area (Å²) >= 11 is 0. The molecule has 106 valence electrons. The second-order valence-electron chi connectivity index (χ2n) is 4.51. The third-order valence-corrected chi connectivity index (χ3v) is 3.99. The standard InChI is InChI=1S/C15H16O4S/c1-20(17,18)15-8-6-14(7-9-15)19-11-13-4-2-12(10-16)3-5-13/h2-9,16H,10-11H2,1H3. The Kier molecular flexibility index (Phi) is 4.42. The van der Waals surface area contributed by atoms with Crippen molar-refractivity contribution in [1.29, 1.82) is 0 Å². The van der Waals surface area contributed by atoms with E-state index in [1.807, 2.05) is 24.3 Å². The minimum absolute atomic E-state index is 0.0219. The van der Waals surface area contributed by atoms with E-state index in [4.69, 9.17) is 9.84 Å². The van der Waals surface area contributed by atoms with E-state index in [0.29, 0.717) is 12.4 Å². The van der Waals surface area contributed by atoms with E-state index in [-0.39, 0.29) is 11.5 Å². The maximum atomic E-state index is 11.3. The number of rotatable bonds is 5. The summed E-state index contributed by atoms with van der Waals surface area (Å²) in [4.78, 5) is 0.275. The van der Waals surface area contributed by atoms with Gasteiger partial charge in [-0.05, 0) is 35.4 Å². The molecule has 4 nitrogen and oxygen atoms in total. The number of hydrogen-bond donors (Lipinski definition) is 1. The molecule has 1 N–H and O–H groups in total. The van der Waals surface area contributed by atoms with E-state index in [1.165, 1.54) is 18.4 Å². The smallest absolute Gasteiger partial charge is 0.175 e. The van der Waals surface area contributed by atoms with Crippen molar-refractivity contribution in [3.63, 3.8) is 0 Å². The number of benzene rings is 2. The van der Waals surface area contributed by atoms with Crippen molar-refractivity contribution < 1.29 is 18.3 Å². The summed E-state index contributed by atoms with van der Waals surface area (Å²) in [6.45, 7) is 0.415. The second-order valence-corrected chi connectivity index (χ2v) is 6.52. The van der Waals surface area contributed by atoms with Gasteiger partial charge in [-0.3, -0.25) is 0 Å². The average molecular weight is 292 g/mol. The minimum Gasteiger partial charge on any atom is -0.489 e. The first kappa shape index (κ1) is 14.6. The summed E-state index contributed by atoms with van der Waals surface area (Å²) < 4.78 is 28.2. The van der Waals surface area contributed by atoms with Crippen LogP contribution in [0, 0.1) is 0 Å². The molecule has 2 rings (SSSR count). The quantitative estimate of drug-likeness (QED) is 0.917. The summed E-state index contributed by atoms with van der Waals surface area (Å²) in [5.41, 5.74) is 1.83. The zero-order valence-corrected chi connectivity index (χ0v) is 11.9. The second kappa shape index (κ2) is 6.07. The Labute approximate surface area is 118 Å². The predicted molar refractivity (Wildman–Crippen MR) is 76.2 cm³/mol. The van der Waals surface area contributed by atoms with Crippen LogP contribution in [-0.2, 0) is 23.1 Å². The first-order chi connectivity index (χ1) is 9.49. The fourth-order valence-corrected chi connectivity index (χ4v) is 2.32. The molecule has 0 radical (unpaired) electrons. The van der Waals surface area contributed by atoms with Gasteiger partial charge < -0.3 is 9.84 Å². The fourth-order valence-electron chi connectivity index (χ4n) is 1.69. The Morgan fingerprint density at radius 2 is 1.50 bits per heavy atom. The van der Waals surface area contributed by atoms with Crippen LogP contribution in [0.3, 0.4) is 0 Å². The van der Waals surface area contributed by atoms with Crippen molar-refractivity contribution in [2.75, 3.05) is 6.26 Å². The lowest BCUT2D eigenvalue weighted by Gasteiger charge is -2.07. The molecule has 0 heterocycles. The molecule has 0 saturated heterocycles. The van der Waals surface area contributed by atoms with Crippen LogP contribution >= 0.6 is 0 Å². The molecule has 0 amide bonds. The summed E-state index contributed by atoms with van der Waals surface area (Å²) in [6, 6.07) is 13.8. The highest BCUT2D eigenvalue weighted by Crippen LogP contribution is 2.17. The highest BCUT2D eigenvalue weighted by atomic mass is 32.2. The topological polar surface area (TPSA) is 63.6 Å². The Balaban J connectivity index is 2.00. The van der Waals surface area contributed by atoms with Gasteiger partial charge in [-0.2, -0.15) is 0 Å². The molecular formula is C15H16O4S. The molecule has 0 spiro atoms. The van der Waals surface area contributed by atoms with Crippen LogP contribution < -0.4 is 4.74 Å². The molecule has 2 aromatic carbocycles. The van der Waals surface area contributed by atoms with Gasteiger partial charge in [0.25, 0.3) is 0 Å². The number of aliphatic hydroxyl groups is 1. The third-order valence-electron chi connectivity index (χ3n) is 2.86. The Hall–Kier alpha value is -1.85. The van der Waals surface area contributed by atoms with Crippen molar-refractivity contribution in [2.24, 2.45) is 0 Å². The number of ether oxygens (including phenoxy) is 1. The van der Waals surface area contributed by atoms with E-state index in [0.717, 1.165) is 11.1 Å². The molecule has 0 aromatic heterocycles. The van der Waals surface area contributed by atoms with Crippen molar-refractivity contribution in [3.05, 3.63) is 59.7 Å². The van der Waals surface area contributed by atoms with Gasteiger partial charge in [-0.15, -0.1) is 0 Å². The van der Waals surface area contributed by atoms with Crippen LogP contribution in [0.15, 0.2) is 53.4 Å². The normalized spacial score (nSPS) is 11.3. The number of aliphatic hydroxyl groups excluding tert-OH is 1. The lowest BCUT2D eigenvalue weighted by molar-refractivity contribution is 0.281. The fraction of sp³-hybridized carbons (Fsp3) is 0.200. The first-order valence-electron chi connectivity index (χ1n) is 6.10. The predicted octanol–water partition coefficient (Wildman–Crippen LogP) is 2.16. The van der Waals surface area contributed by atoms with Crippen LogP contribution in [0.5, 0.6) is 5.75 Å². The lowest BCUT2D eigenvalue weighted by Crippen LogP contribution is -1.98. The van der Waals surface area contributed by atoms with Crippen molar-refractivity contribution in [1.82, 2.24) is 0 Å². The van der Waals surface area contributed by atoms with Crippen LogP contribution in [-0.4, -0.2) is 19.8 Å². The highest BCUT2D eigenvalue weighted by Gasteiger charge is 2.06. The molecule has 5 heteroatoms. The Bertz CT molecular complexity index is 658. The maximum Gasteiger partial charge on any atom is 0.175 e. The Morgan fingerprint density at radius 1 is 0.950 bits per heavy atom. The molecule has 0 aliphatic rings. The van der Waals surface area contributed by atoms with Crippen LogP contribution in [0.2, 0.25) is 0 Å². The SMILES string of the molecule is CS(=O)(=O)c1ccc(OCc2ccc(CO)cc2)cc1. The van der Waals surface area contributed by atoms with Gasteiger partial charge >= 0.3 is 0 Å². The third kappa shape index (κ3) is 3.82. The zero-order chi connectivity index (χ0) is 14.6.